The predicted molar refractivity (Wildman–Crippen MR) is 93.9 cm³/mol. The Hall–Kier alpha value is -1.47. The van der Waals surface area contributed by atoms with Crippen LogP contribution in [0.2, 0.25) is 0 Å². The van der Waals surface area contributed by atoms with Crippen LogP contribution in [0.3, 0.4) is 0 Å². The van der Waals surface area contributed by atoms with Gasteiger partial charge in [0.2, 0.25) is 11.8 Å². The SMILES string of the molecule is CC1CC(=O)Nc2ccccc2N1C(=O)CSC1=NCCS1. The topological polar surface area (TPSA) is 61.8 Å². The fourth-order valence-electron chi connectivity index (χ4n) is 2.56. The van der Waals surface area contributed by atoms with Crippen LogP contribution in [0.5, 0.6) is 0 Å². The zero-order chi connectivity index (χ0) is 15.5. The summed E-state index contributed by atoms with van der Waals surface area (Å²) < 4.78 is 0.985. The van der Waals surface area contributed by atoms with E-state index in [2.05, 4.69) is 10.3 Å². The monoisotopic (exact) mass is 335 g/mol. The average molecular weight is 335 g/mol. The molecule has 0 bridgehead atoms. The van der Waals surface area contributed by atoms with Gasteiger partial charge >= 0.3 is 0 Å². The van der Waals surface area contributed by atoms with E-state index >= 15 is 0 Å². The first kappa shape index (κ1) is 15.4. The quantitative estimate of drug-likeness (QED) is 0.902. The minimum Gasteiger partial charge on any atom is -0.324 e. The third-order valence-corrected chi connectivity index (χ3v) is 5.74. The molecule has 2 aliphatic heterocycles. The van der Waals surface area contributed by atoms with E-state index in [4.69, 9.17) is 0 Å². The van der Waals surface area contributed by atoms with Gasteiger partial charge in [0, 0.05) is 18.2 Å². The number of hydrogen-bond acceptors (Lipinski definition) is 5. The lowest BCUT2D eigenvalue weighted by Gasteiger charge is -2.27. The molecule has 7 heteroatoms. The minimum atomic E-state index is -0.157. The number of aliphatic imine (C=N–C) groups is 1. The average Bonchev–Trinajstić information content (AvgIpc) is 2.96. The van der Waals surface area contributed by atoms with Gasteiger partial charge in [-0.2, -0.15) is 0 Å². The fourth-order valence-corrected chi connectivity index (χ4v) is 4.43. The maximum Gasteiger partial charge on any atom is 0.237 e. The van der Waals surface area contributed by atoms with Gasteiger partial charge in [0.1, 0.15) is 4.38 Å². The highest BCUT2D eigenvalue weighted by Crippen LogP contribution is 2.32. The van der Waals surface area contributed by atoms with Crippen LogP contribution in [0.4, 0.5) is 11.4 Å². The van der Waals surface area contributed by atoms with Gasteiger partial charge in [-0.3, -0.25) is 14.6 Å². The summed E-state index contributed by atoms with van der Waals surface area (Å²) in [6, 6.07) is 7.29. The van der Waals surface area contributed by atoms with E-state index in [9.17, 15) is 9.59 Å². The molecule has 1 unspecified atom stereocenters. The van der Waals surface area contributed by atoms with Gasteiger partial charge in [-0.1, -0.05) is 35.7 Å². The van der Waals surface area contributed by atoms with Gasteiger partial charge in [-0.15, -0.1) is 0 Å². The minimum absolute atomic E-state index is 0.0108. The number of benzene rings is 1. The van der Waals surface area contributed by atoms with Crippen molar-refractivity contribution in [1.82, 2.24) is 0 Å². The molecule has 3 rings (SSSR count). The van der Waals surface area contributed by atoms with Crippen molar-refractivity contribution in [3.05, 3.63) is 24.3 Å². The number of rotatable bonds is 2. The number of nitrogens with one attached hydrogen (secondary N) is 1. The van der Waals surface area contributed by atoms with E-state index in [1.165, 1.54) is 11.8 Å². The maximum absolute atomic E-state index is 12.7. The van der Waals surface area contributed by atoms with Crippen LogP contribution in [-0.2, 0) is 9.59 Å². The number of nitrogens with zero attached hydrogens (tertiary/aromatic N) is 2. The third-order valence-electron chi connectivity index (χ3n) is 3.50. The Morgan fingerprint density at radius 2 is 2.32 bits per heavy atom. The normalized spacial score (nSPS) is 21.0. The highest BCUT2D eigenvalue weighted by atomic mass is 32.2. The molecule has 5 nitrogen and oxygen atoms in total. The van der Waals surface area contributed by atoms with Crippen LogP contribution in [-0.4, -0.2) is 40.3 Å². The first-order valence-corrected chi connectivity index (χ1v) is 9.13. The summed E-state index contributed by atoms with van der Waals surface area (Å²) in [5.74, 6) is 1.30. The Balaban J connectivity index is 1.80. The second kappa shape index (κ2) is 6.75. The Labute approximate surface area is 137 Å². The standard InChI is InChI=1S/C15H17N3O2S2/c1-10-8-13(19)17-11-4-2-3-5-12(11)18(10)14(20)9-22-15-16-6-7-21-15/h2-5,10H,6-9H2,1H3,(H,17,19). The molecule has 116 valence electrons. The van der Waals surface area contributed by atoms with Crippen LogP contribution in [0, 0.1) is 0 Å². The molecule has 0 saturated heterocycles. The maximum atomic E-state index is 12.7. The highest BCUT2D eigenvalue weighted by Gasteiger charge is 2.29. The van der Waals surface area contributed by atoms with E-state index in [0.717, 1.165) is 22.4 Å². The number of carbonyl (C=O) groups is 2. The molecule has 0 radical (unpaired) electrons. The summed E-state index contributed by atoms with van der Waals surface area (Å²) in [5.41, 5.74) is 1.47. The lowest BCUT2D eigenvalue weighted by atomic mass is 10.2. The molecule has 2 heterocycles. The molecule has 0 aliphatic carbocycles. The lowest BCUT2D eigenvalue weighted by Crippen LogP contribution is -2.40. The molecule has 0 saturated carbocycles. The highest BCUT2D eigenvalue weighted by molar-refractivity contribution is 8.39. The molecule has 1 aromatic carbocycles. The molecule has 1 atom stereocenters. The predicted octanol–water partition coefficient (Wildman–Crippen LogP) is 2.59. The van der Waals surface area contributed by atoms with Crippen molar-refractivity contribution >= 4 is 51.1 Å². The number of hydrogen-bond donors (Lipinski definition) is 1. The Morgan fingerprint density at radius 1 is 1.50 bits per heavy atom. The van der Waals surface area contributed by atoms with Crippen molar-refractivity contribution in [1.29, 1.82) is 0 Å². The lowest BCUT2D eigenvalue weighted by molar-refractivity contribution is -0.117. The van der Waals surface area contributed by atoms with E-state index in [1.54, 1.807) is 16.7 Å². The van der Waals surface area contributed by atoms with Gasteiger partial charge in [-0.05, 0) is 19.1 Å². The summed E-state index contributed by atoms with van der Waals surface area (Å²) in [6.07, 6.45) is 0.306. The summed E-state index contributed by atoms with van der Waals surface area (Å²) in [7, 11) is 0. The Bertz CT molecular complexity index is 633. The molecule has 0 aromatic heterocycles. The molecule has 0 fully saturated rings. The van der Waals surface area contributed by atoms with Crippen molar-refractivity contribution in [2.45, 2.75) is 19.4 Å². The number of anilines is 2. The van der Waals surface area contributed by atoms with Gasteiger partial charge in [0.25, 0.3) is 0 Å². The van der Waals surface area contributed by atoms with E-state index in [-0.39, 0.29) is 17.9 Å². The first-order valence-electron chi connectivity index (χ1n) is 7.16. The second-order valence-corrected chi connectivity index (χ2v) is 7.47. The van der Waals surface area contributed by atoms with E-state index < -0.39 is 0 Å². The van der Waals surface area contributed by atoms with Crippen LogP contribution in [0.25, 0.3) is 0 Å². The first-order chi connectivity index (χ1) is 10.6. The van der Waals surface area contributed by atoms with Crippen molar-refractivity contribution in [3.8, 4) is 0 Å². The summed E-state index contributed by atoms with van der Waals surface area (Å²) in [6.45, 7) is 2.74. The Kier molecular flexibility index (Phi) is 4.73. The Morgan fingerprint density at radius 3 is 3.09 bits per heavy atom. The number of amides is 2. The molecule has 2 amide bonds. The van der Waals surface area contributed by atoms with Crippen molar-refractivity contribution in [2.24, 2.45) is 4.99 Å². The summed E-state index contributed by atoms with van der Waals surface area (Å²) >= 11 is 3.18. The third kappa shape index (κ3) is 3.30. The zero-order valence-electron chi connectivity index (χ0n) is 12.2. The van der Waals surface area contributed by atoms with Gasteiger partial charge in [0.15, 0.2) is 0 Å². The summed E-state index contributed by atoms with van der Waals surface area (Å²) in [5, 5.41) is 2.87. The van der Waals surface area contributed by atoms with Gasteiger partial charge in [0.05, 0.1) is 23.7 Å². The van der Waals surface area contributed by atoms with E-state index in [0.29, 0.717) is 17.9 Å². The van der Waals surface area contributed by atoms with Crippen molar-refractivity contribution in [2.75, 3.05) is 28.3 Å². The van der Waals surface area contributed by atoms with Gasteiger partial charge < -0.3 is 10.2 Å². The van der Waals surface area contributed by atoms with Crippen molar-refractivity contribution < 1.29 is 9.59 Å². The van der Waals surface area contributed by atoms with Crippen LogP contribution < -0.4 is 10.2 Å². The summed E-state index contributed by atoms with van der Waals surface area (Å²) in [4.78, 5) is 30.7. The van der Waals surface area contributed by atoms with Crippen LogP contribution >= 0.6 is 23.5 Å². The fraction of sp³-hybridized carbons (Fsp3) is 0.400. The van der Waals surface area contributed by atoms with Gasteiger partial charge in [-0.25, -0.2) is 0 Å². The zero-order valence-corrected chi connectivity index (χ0v) is 13.9. The molecule has 22 heavy (non-hydrogen) atoms. The molecule has 0 spiro atoms. The number of carbonyl (C=O) groups excluding carboxylic acids is 2. The van der Waals surface area contributed by atoms with Crippen LogP contribution in [0.1, 0.15) is 13.3 Å². The largest absolute Gasteiger partial charge is 0.324 e. The smallest absolute Gasteiger partial charge is 0.237 e. The van der Waals surface area contributed by atoms with E-state index in [1.807, 2.05) is 31.2 Å². The molecular formula is C15H17N3O2S2. The molecule has 2 aliphatic rings. The number of thioether (sulfide) groups is 2. The number of para-hydroxylation sites is 2. The van der Waals surface area contributed by atoms with Crippen molar-refractivity contribution in [3.63, 3.8) is 0 Å². The second-order valence-electron chi connectivity index (χ2n) is 5.17. The van der Waals surface area contributed by atoms with Crippen LogP contribution in [0.15, 0.2) is 29.3 Å². The molecular weight excluding hydrogens is 318 g/mol. The molecule has 1 N–H and O–H groups in total. The number of fused-ring (bicyclic) bond motifs is 1. The molecule has 1 aromatic rings.